The lowest BCUT2D eigenvalue weighted by Crippen LogP contribution is -2.68. The van der Waals surface area contributed by atoms with Crippen LogP contribution in [0, 0.1) is 20.4 Å². The second kappa shape index (κ2) is 5.38. The fourth-order valence-corrected chi connectivity index (χ4v) is 0.600. The van der Waals surface area contributed by atoms with E-state index in [4.69, 9.17) is 24.4 Å². The quantitative estimate of drug-likeness (QED) is 0.377. The standard InChI is InChI=1S/C5H5N3O2.ClHO4/c6-5-4(8(9)10)2-1-3-7-5;2-1(3,4)5/h1-3H,(H2,6,7);(H,2,3,4,5). The molecule has 1 rings (SSSR count). The van der Waals surface area contributed by atoms with Crippen molar-refractivity contribution in [1.82, 2.24) is 0 Å². The Bertz CT molecular complexity index is 334. The van der Waals surface area contributed by atoms with Crippen LogP contribution in [0.3, 0.4) is 0 Å². The van der Waals surface area contributed by atoms with E-state index in [-0.39, 0.29) is 11.5 Å². The molecule has 3 N–H and O–H groups in total. The molecule has 0 saturated heterocycles. The third-order valence-corrected chi connectivity index (χ3v) is 1.06. The molecule has 10 heteroatoms. The normalized spacial score (nSPS) is 10.1. The number of nitro groups is 1. The minimum atomic E-state index is -4.94. The summed E-state index contributed by atoms with van der Waals surface area (Å²) >= 11 is 0. The molecule has 0 aromatic carbocycles. The summed E-state index contributed by atoms with van der Waals surface area (Å²) in [5.74, 6) is 0.0764. The highest BCUT2D eigenvalue weighted by Gasteiger charge is 2.14. The maximum atomic E-state index is 10.1. The maximum absolute atomic E-state index is 10.1. The van der Waals surface area contributed by atoms with Crippen molar-refractivity contribution in [2.75, 3.05) is 5.73 Å². The number of aromatic amines is 1. The molecule has 0 spiro atoms. The number of H-pyrrole nitrogens is 1. The number of halogens is 1. The molecule has 0 bridgehead atoms. The van der Waals surface area contributed by atoms with Gasteiger partial charge >= 0.3 is 11.5 Å². The summed E-state index contributed by atoms with van der Waals surface area (Å²) in [5.41, 5.74) is 5.13. The molecule has 0 aliphatic rings. The average Bonchev–Trinajstić information content (AvgIpc) is 2.01. The molecule has 0 fully saturated rings. The summed E-state index contributed by atoms with van der Waals surface area (Å²) < 4.78 is 34.0. The van der Waals surface area contributed by atoms with Crippen molar-refractivity contribution in [3.63, 3.8) is 0 Å². The van der Waals surface area contributed by atoms with E-state index in [1.54, 1.807) is 0 Å². The predicted octanol–water partition coefficient (Wildman–Crippen LogP) is -4.76. The van der Waals surface area contributed by atoms with E-state index < -0.39 is 15.2 Å². The molecule has 15 heavy (non-hydrogen) atoms. The van der Waals surface area contributed by atoms with Crippen LogP contribution in [-0.2, 0) is 0 Å². The average molecular weight is 240 g/mol. The number of nitrogens with two attached hydrogens (primary N) is 1. The molecule has 0 amide bonds. The van der Waals surface area contributed by atoms with Gasteiger partial charge in [0.05, 0.1) is 11.1 Å². The van der Waals surface area contributed by atoms with E-state index in [2.05, 4.69) is 4.98 Å². The Morgan fingerprint density at radius 3 is 2.07 bits per heavy atom. The Morgan fingerprint density at radius 2 is 1.80 bits per heavy atom. The highest BCUT2D eigenvalue weighted by molar-refractivity contribution is 5.46. The lowest BCUT2D eigenvalue weighted by atomic mass is 10.4. The summed E-state index contributed by atoms with van der Waals surface area (Å²) in [7, 11) is -4.94. The molecular formula is C5H6ClN3O6. The first kappa shape index (κ1) is 13.5. The molecule has 1 aromatic rings. The largest absolute Gasteiger partial charge is 0.357 e. The third kappa shape index (κ3) is 7.54. The van der Waals surface area contributed by atoms with Gasteiger partial charge in [0.2, 0.25) is 0 Å². The van der Waals surface area contributed by atoms with Crippen LogP contribution in [0.15, 0.2) is 18.3 Å². The van der Waals surface area contributed by atoms with Crippen molar-refractivity contribution in [2.24, 2.45) is 0 Å². The zero-order valence-corrected chi connectivity index (χ0v) is 7.84. The molecule has 0 atom stereocenters. The summed E-state index contributed by atoms with van der Waals surface area (Å²) in [6.07, 6.45) is 1.53. The van der Waals surface area contributed by atoms with E-state index >= 15 is 0 Å². The Kier molecular flexibility index (Phi) is 4.84. The highest BCUT2D eigenvalue weighted by Crippen LogP contribution is 2.12. The fourth-order valence-electron chi connectivity index (χ4n) is 0.600. The van der Waals surface area contributed by atoms with Crippen molar-refractivity contribution in [3.8, 4) is 0 Å². The van der Waals surface area contributed by atoms with E-state index in [9.17, 15) is 10.1 Å². The first-order valence-corrected chi connectivity index (χ1v) is 4.47. The van der Waals surface area contributed by atoms with Crippen LogP contribution in [0.25, 0.3) is 0 Å². The van der Waals surface area contributed by atoms with Gasteiger partial charge in [0.1, 0.15) is 0 Å². The van der Waals surface area contributed by atoms with Crippen LogP contribution in [0.2, 0.25) is 0 Å². The van der Waals surface area contributed by atoms with E-state index in [0.29, 0.717) is 0 Å². The minimum absolute atomic E-state index is 0.0764. The molecule has 9 nitrogen and oxygen atoms in total. The maximum Gasteiger partial charge on any atom is 0.357 e. The number of hydrogen-bond acceptors (Lipinski definition) is 7. The van der Waals surface area contributed by atoms with Gasteiger partial charge < -0.3 is 0 Å². The zero-order valence-electron chi connectivity index (χ0n) is 7.08. The Labute approximate surface area is 85.3 Å². The van der Waals surface area contributed by atoms with Crippen LogP contribution < -0.4 is 29.4 Å². The summed E-state index contributed by atoms with van der Waals surface area (Å²) in [6.45, 7) is 0. The molecule has 0 unspecified atom stereocenters. The van der Waals surface area contributed by atoms with Crippen LogP contribution >= 0.6 is 0 Å². The third-order valence-electron chi connectivity index (χ3n) is 1.06. The molecular weight excluding hydrogens is 234 g/mol. The fraction of sp³-hybridized carbons (Fsp3) is 0. The molecule has 0 aliphatic heterocycles. The topological polar surface area (TPSA) is 176 Å². The number of pyridine rings is 1. The molecule has 0 aliphatic carbocycles. The van der Waals surface area contributed by atoms with Gasteiger partial charge in [-0.05, 0) is 6.07 Å². The van der Waals surface area contributed by atoms with Crippen molar-refractivity contribution in [3.05, 3.63) is 28.4 Å². The zero-order chi connectivity index (χ0) is 12.1. The Balaban J connectivity index is 0.000000336. The van der Waals surface area contributed by atoms with Gasteiger partial charge in [0.15, 0.2) is 0 Å². The van der Waals surface area contributed by atoms with Crippen LogP contribution in [0.4, 0.5) is 11.5 Å². The van der Waals surface area contributed by atoms with Gasteiger partial charge in [-0.2, -0.15) is 0 Å². The molecule has 0 saturated carbocycles. The number of aromatic nitrogens is 1. The number of hydrogen-bond donors (Lipinski definition) is 1. The molecule has 0 radical (unpaired) electrons. The van der Waals surface area contributed by atoms with Crippen molar-refractivity contribution >= 4 is 11.5 Å². The van der Waals surface area contributed by atoms with Gasteiger partial charge in [-0.1, -0.05) is 0 Å². The SMILES string of the molecule is Nc1[nH+]cccc1[N+](=O)[O-].[O-][Cl+3]([O-])([O-])[O-]. The number of rotatable bonds is 1. The Hall–Kier alpha value is -1.52. The van der Waals surface area contributed by atoms with Crippen LogP contribution in [-0.4, -0.2) is 4.92 Å². The first-order chi connectivity index (χ1) is 6.72. The van der Waals surface area contributed by atoms with E-state index in [1.807, 2.05) is 0 Å². The van der Waals surface area contributed by atoms with Gasteiger partial charge in [-0.25, -0.2) is 23.6 Å². The molecule has 1 heterocycles. The van der Waals surface area contributed by atoms with Gasteiger partial charge in [-0.15, -0.1) is 10.2 Å². The van der Waals surface area contributed by atoms with Crippen molar-refractivity contribution < 1.29 is 38.8 Å². The predicted molar refractivity (Wildman–Crippen MR) is 34.1 cm³/mol. The number of anilines is 1. The minimum Gasteiger partial charge on any atom is -0.281 e. The smallest absolute Gasteiger partial charge is 0.281 e. The monoisotopic (exact) mass is 239 g/mol. The van der Waals surface area contributed by atoms with E-state index in [1.165, 1.54) is 18.3 Å². The van der Waals surface area contributed by atoms with Gasteiger partial charge in [0.25, 0.3) is 0 Å². The van der Waals surface area contributed by atoms with Gasteiger partial charge in [0, 0.05) is 6.07 Å². The number of nitrogen functional groups attached to an aromatic ring is 1. The number of nitrogens with zero attached hydrogens (tertiary/aromatic N) is 1. The summed E-state index contributed by atoms with van der Waals surface area (Å²) in [4.78, 5) is 12.1. The summed E-state index contributed by atoms with van der Waals surface area (Å²) in [5, 5.41) is 10.1. The summed E-state index contributed by atoms with van der Waals surface area (Å²) in [6, 6.07) is 2.86. The Morgan fingerprint density at radius 1 is 1.33 bits per heavy atom. The second-order valence-corrected chi connectivity index (χ2v) is 2.86. The number of nitrogens with one attached hydrogen (secondary N) is 1. The van der Waals surface area contributed by atoms with Crippen LogP contribution in [0.5, 0.6) is 0 Å². The lowest BCUT2D eigenvalue weighted by molar-refractivity contribution is -2.00. The second-order valence-electron chi connectivity index (χ2n) is 2.10. The molecule has 84 valence electrons. The lowest BCUT2D eigenvalue weighted by Gasteiger charge is -2.17. The van der Waals surface area contributed by atoms with Crippen molar-refractivity contribution in [2.45, 2.75) is 0 Å². The van der Waals surface area contributed by atoms with Crippen molar-refractivity contribution in [1.29, 1.82) is 0 Å². The van der Waals surface area contributed by atoms with Crippen LogP contribution in [0.1, 0.15) is 0 Å². The van der Waals surface area contributed by atoms with E-state index in [0.717, 1.165) is 0 Å². The molecule has 1 aromatic heterocycles. The highest BCUT2D eigenvalue weighted by atomic mass is 35.7. The van der Waals surface area contributed by atoms with Gasteiger partial charge in [-0.3, -0.25) is 15.8 Å². The first-order valence-electron chi connectivity index (χ1n) is 3.24.